The molecular weight excluding hydrogens is 326 g/mol. The number of hydrogen-bond acceptors (Lipinski definition) is 4. The number of hydrogen-bond donors (Lipinski definition) is 1. The third kappa shape index (κ3) is 5.05. The minimum absolute atomic E-state index is 0.0217. The predicted octanol–water partition coefficient (Wildman–Crippen LogP) is 3.89. The molecule has 1 N–H and O–H groups in total. The third-order valence-corrected chi connectivity index (χ3v) is 4.44. The summed E-state index contributed by atoms with van der Waals surface area (Å²) in [6.45, 7) is 4.31. The number of benzene rings is 1. The van der Waals surface area contributed by atoms with Crippen LogP contribution in [0.5, 0.6) is 5.75 Å². The summed E-state index contributed by atoms with van der Waals surface area (Å²) in [6, 6.07) is 13.7. The first-order chi connectivity index (χ1) is 12.5. The van der Waals surface area contributed by atoms with Gasteiger partial charge in [0.2, 0.25) is 5.91 Å². The number of aromatic nitrogens is 1. The summed E-state index contributed by atoms with van der Waals surface area (Å²) in [5.74, 6) is 1.38. The van der Waals surface area contributed by atoms with E-state index in [1.807, 2.05) is 69.6 Å². The maximum absolute atomic E-state index is 12.5. The molecule has 0 radical (unpaired) electrons. The van der Waals surface area contributed by atoms with Gasteiger partial charge in [-0.05, 0) is 76.1 Å². The van der Waals surface area contributed by atoms with E-state index in [1.54, 1.807) is 0 Å². The summed E-state index contributed by atoms with van der Waals surface area (Å²) in [5.41, 5.74) is 1.82. The molecule has 3 rings (SSSR count). The molecule has 1 aromatic carbocycles. The van der Waals surface area contributed by atoms with Gasteiger partial charge in [0.15, 0.2) is 0 Å². The Kier molecular flexibility index (Phi) is 5.89. The minimum Gasteiger partial charge on any atom is -0.491 e. The Hall–Kier alpha value is -2.40. The monoisotopic (exact) mass is 353 g/mol. The molecule has 0 aliphatic heterocycles. The second kappa shape index (κ2) is 8.32. The molecule has 1 unspecified atom stereocenters. The van der Waals surface area contributed by atoms with Crippen LogP contribution in [0.2, 0.25) is 0 Å². The van der Waals surface area contributed by atoms with Gasteiger partial charge in [-0.2, -0.15) is 0 Å². The molecule has 5 nitrogen and oxygen atoms in total. The maximum atomic E-state index is 12.5. The van der Waals surface area contributed by atoms with E-state index in [1.165, 1.54) is 12.8 Å². The highest BCUT2D eigenvalue weighted by Gasteiger charge is 2.36. The average Bonchev–Trinajstić information content (AvgIpc) is 3.42. The molecule has 1 aliphatic rings. The number of nitrogens with one attached hydrogen (secondary N) is 1. The van der Waals surface area contributed by atoms with Gasteiger partial charge in [0.05, 0.1) is 24.4 Å². The fourth-order valence-corrected chi connectivity index (χ4v) is 3.20. The quantitative estimate of drug-likeness (QED) is 0.782. The fourth-order valence-electron chi connectivity index (χ4n) is 3.20. The fraction of sp³-hybridized carbons (Fsp3) is 0.429. The predicted molar refractivity (Wildman–Crippen MR) is 103 cm³/mol. The Bertz CT molecular complexity index is 712. The molecule has 1 saturated carbocycles. The molecule has 138 valence electrons. The molecule has 26 heavy (non-hydrogen) atoms. The van der Waals surface area contributed by atoms with Crippen molar-refractivity contribution in [1.29, 1.82) is 0 Å². The lowest BCUT2D eigenvalue weighted by Crippen LogP contribution is -2.34. The van der Waals surface area contributed by atoms with Gasteiger partial charge >= 0.3 is 0 Å². The molecule has 1 amide bonds. The number of rotatable bonds is 8. The Balaban J connectivity index is 1.58. The van der Waals surface area contributed by atoms with Gasteiger partial charge in [0.1, 0.15) is 5.75 Å². The Labute approximate surface area is 155 Å². The summed E-state index contributed by atoms with van der Waals surface area (Å²) in [6.07, 6.45) is 4.35. The van der Waals surface area contributed by atoms with E-state index < -0.39 is 0 Å². The van der Waals surface area contributed by atoms with Crippen LogP contribution in [0.4, 0.5) is 5.69 Å². The smallest absolute Gasteiger partial charge is 0.238 e. The van der Waals surface area contributed by atoms with E-state index in [4.69, 9.17) is 4.74 Å². The van der Waals surface area contributed by atoms with Gasteiger partial charge in [0, 0.05) is 11.9 Å². The van der Waals surface area contributed by atoms with Crippen LogP contribution in [0.25, 0.3) is 0 Å². The second-order valence-corrected chi connectivity index (χ2v) is 7.19. The third-order valence-electron chi connectivity index (χ3n) is 4.44. The number of anilines is 1. The molecule has 5 heteroatoms. The molecule has 0 bridgehead atoms. The molecule has 1 atom stereocenters. The number of nitrogens with zero attached hydrogens (tertiary/aromatic N) is 2. The van der Waals surface area contributed by atoms with Crippen molar-refractivity contribution in [3.63, 3.8) is 0 Å². The number of amides is 1. The van der Waals surface area contributed by atoms with Gasteiger partial charge < -0.3 is 10.1 Å². The van der Waals surface area contributed by atoms with Crippen LogP contribution in [0, 0.1) is 5.92 Å². The Morgan fingerprint density at radius 3 is 2.54 bits per heavy atom. The van der Waals surface area contributed by atoms with E-state index in [-0.39, 0.29) is 18.1 Å². The molecule has 1 aromatic heterocycles. The molecule has 1 fully saturated rings. The van der Waals surface area contributed by atoms with E-state index >= 15 is 0 Å². The zero-order valence-electron chi connectivity index (χ0n) is 15.7. The molecule has 1 aliphatic carbocycles. The highest BCUT2D eigenvalue weighted by molar-refractivity contribution is 5.92. The summed E-state index contributed by atoms with van der Waals surface area (Å²) in [5, 5.41) is 2.96. The van der Waals surface area contributed by atoms with Crippen molar-refractivity contribution in [3.8, 4) is 5.75 Å². The zero-order valence-corrected chi connectivity index (χ0v) is 15.7. The van der Waals surface area contributed by atoms with Crippen molar-refractivity contribution in [3.05, 3.63) is 54.4 Å². The molecule has 0 saturated heterocycles. The Morgan fingerprint density at radius 2 is 1.96 bits per heavy atom. The summed E-state index contributed by atoms with van der Waals surface area (Å²) < 4.78 is 5.62. The normalized spacial score (nSPS) is 15.1. The van der Waals surface area contributed by atoms with Crippen molar-refractivity contribution < 1.29 is 9.53 Å². The largest absolute Gasteiger partial charge is 0.491 e. The lowest BCUT2D eigenvalue weighted by Gasteiger charge is -2.27. The van der Waals surface area contributed by atoms with Crippen LogP contribution in [0.15, 0.2) is 48.7 Å². The summed E-state index contributed by atoms with van der Waals surface area (Å²) in [4.78, 5) is 19.1. The first-order valence-corrected chi connectivity index (χ1v) is 9.20. The lowest BCUT2D eigenvalue weighted by molar-refractivity contribution is -0.117. The van der Waals surface area contributed by atoms with Crippen LogP contribution in [-0.4, -0.2) is 35.5 Å². The minimum atomic E-state index is -0.0217. The van der Waals surface area contributed by atoms with Gasteiger partial charge in [0.25, 0.3) is 0 Å². The van der Waals surface area contributed by atoms with Gasteiger partial charge in [-0.25, -0.2) is 0 Å². The highest BCUT2D eigenvalue weighted by Crippen LogP contribution is 2.43. The van der Waals surface area contributed by atoms with Gasteiger partial charge in [-0.3, -0.25) is 14.7 Å². The Morgan fingerprint density at radius 1 is 1.23 bits per heavy atom. The van der Waals surface area contributed by atoms with E-state index in [9.17, 15) is 4.79 Å². The number of ether oxygens (including phenoxy) is 1. The van der Waals surface area contributed by atoms with Crippen LogP contribution in [0.3, 0.4) is 0 Å². The topological polar surface area (TPSA) is 54.5 Å². The summed E-state index contributed by atoms with van der Waals surface area (Å²) >= 11 is 0. The van der Waals surface area contributed by atoms with Gasteiger partial charge in [-0.15, -0.1) is 0 Å². The van der Waals surface area contributed by atoms with Gasteiger partial charge in [-0.1, -0.05) is 6.07 Å². The highest BCUT2D eigenvalue weighted by atomic mass is 16.5. The van der Waals surface area contributed by atoms with Crippen LogP contribution in [0.1, 0.15) is 38.4 Å². The van der Waals surface area contributed by atoms with E-state index in [2.05, 4.69) is 15.2 Å². The lowest BCUT2D eigenvalue weighted by atomic mass is 10.1. The SMILES string of the molecule is CC(C)Oc1ccc(NC(=O)CN(C)C(c2ccccn2)C2CC2)cc1. The van der Waals surface area contributed by atoms with E-state index in [0.717, 1.165) is 17.1 Å². The number of carbonyl (C=O) groups is 1. The van der Waals surface area contributed by atoms with Crippen LogP contribution < -0.4 is 10.1 Å². The average molecular weight is 353 g/mol. The molecule has 1 heterocycles. The molecular formula is C21H27N3O2. The first-order valence-electron chi connectivity index (χ1n) is 9.20. The number of carbonyl (C=O) groups excluding carboxylic acids is 1. The van der Waals surface area contributed by atoms with E-state index in [0.29, 0.717) is 12.5 Å². The first kappa shape index (κ1) is 18.4. The number of pyridine rings is 1. The zero-order chi connectivity index (χ0) is 18.5. The summed E-state index contributed by atoms with van der Waals surface area (Å²) in [7, 11) is 2.00. The molecule has 2 aromatic rings. The van der Waals surface area contributed by atoms with Crippen molar-refractivity contribution >= 4 is 11.6 Å². The van der Waals surface area contributed by atoms with Crippen molar-refractivity contribution in [2.45, 2.75) is 38.8 Å². The van der Waals surface area contributed by atoms with Crippen LogP contribution in [-0.2, 0) is 4.79 Å². The van der Waals surface area contributed by atoms with Crippen LogP contribution >= 0.6 is 0 Å². The second-order valence-electron chi connectivity index (χ2n) is 7.19. The van der Waals surface area contributed by atoms with Crippen molar-refractivity contribution in [2.24, 2.45) is 5.92 Å². The number of likely N-dealkylation sites (N-methyl/N-ethyl adjacent to an activating group) is 1. The van der Waals surface area contributed by atoms with Crippen molar-refractivity contribution in [1.82, 2.24) is 9.88 Å². The molecule has 0 spiro atoms. The van der Waals surface area contributed by atoms with Crippen molar-refractivity contribution in [2.75, 3.05) is 18.9 Å². The standard InChI is InChI=1S/C21H27N3O2/c1-15(2)26-18-11-9-17(10-12-18)23-20(25)14-24(3)21(16-7-8-16)19-6-4-5-13-22-19/h4-6,9-13,15-16,21H,7-8,14H2,1-3H3,(H,23,25). The maximum Gasteiger partial charge on any atom is 0.238 e.